The summed E-state index contributed by atoms with van der Waals surface area (Å²) in [4.78, 5) is 29.0. The van der Waals surface area contributed by atoms with Crippen LogP contribution in [-0.2, 0) is 13.6 Å². The first-order chi connectivity index (χ1) is 13.5. The summed E-state index contributed by atoms with van der Waals surface area (Å²) in [5.41, 5.74) is 0.121. The zero-order valence-corrected chi connectivity index (χ0v) is 15.8. The van der Waals surface area contributed by atoms with Crippen LogP contribution in [0.25, 0.3) is 0 Å². The predicted molar refractivity (Wildman–Crippen MR) is 102 cm³/mol. The minimum Gasteiger partial charge on any atom is -0.336 e. The van der Waals surface area contributed by atoms with Gasteiger partial charge in [0.05, 0.1) is 0 Å². The summed E-state index contributed by atoms with van der Waals surface area (Å²) in [5.74, 6) is -0.476. The number of aromatic nitrogens is 4. The summed E-state index contributed by atoms with van der Waals surface area (Å²) in [5, 5.41) is 6.95. The molecular formula is C20H22FN5O2. The van der Waals surface area contributed by atoms with Crippen molar-refractivity contribution >= 4 is 5.91 Å². The fourth-order valence-electron chi connectivity index (χ4n) is 2.89. The van der Waals surface area contributed by atoms with Gasteiger partial charge in [0.1, 0.15) is 23.4 Å². The molecule has 0 bridgehead atoms. The van der Waals surface area contributed by atoms with Gasteiger partial charge in [-0.05, 0) is 18.6 Å². The number of hydrogen-bond acceptors (Lipinski definition) is 4. The van der Waals surface area contributed by atoms with Gasteiger partial charge >= 0.3 is 0 Å². The fraction of sp³-hybridized carbons (Fsp3) is 0.300. The van der Waals surface area contributed by atoms with Gasteiger partial charge in [-0.1, -0.05) is 31.5 Å². The third kappa shape index (κ3) is 4.16. The Labute approximate surface area is 161 Å². The first-order valence-electron chi connectivity index (χ1n) is 9.12. The van der Waals surface area contributed by atoms with Crippen LogP contribution in [0.4, 0.5) is 4.39 Å². The Morgan fingerprint density at radius 3 is 2.71 bits per heavy atom. The molecule has 146 valence electrons. The zero-order valence-electron chi connectivity index (χ0n) is 15.8. The van der Waals surface area contributed by atoms with Crippen LogP contribution in [0.3, 0.4) is 0 Å². The third-order valence-corrected chi connectivity index (χ3v) is 4.43. The molecular weight excluding hydrogens is 361 g/mol. The lowest BCUT2D eigenvalue weighted by Gasteiger charge is -2.19. The molecule has 7 nitrogen and oxygen atoms in total. The molecule has 0 saturated carbocycles. The molecule has 0 radical (unpaired) electrons. The summed E-state index contributed by atoms with van der Waals surface area (Å²) in [6.07, 6.45) is 4.99. The van der Waals surface area contributed by atoms with Crippen molar-refractivity contribution in [2.75, 3.05) is 0 Å². The molecule has 1 N–H and O–H groups in total. The number of carbonyl (C=O) groups excluding carboxylic acids is 1. The van der Waals surface area contributed by atoms with Gasteiger partial charge in [-0.25, -0.2) is 14.1 Å². The molecule has 0 aliphatic rings. The van der Waals surface area contributed by atoms with Crippen molar-refractivity contribution in [1.29, 1.82) is 0 Å². The number of unbranched alkanes of at least 4 members (excludes halogenated alkanes) is 1. The molecule has 0 unspecified atom stereocenters. The number of amides is 1. The van der Waals surface area contributed by atoms with Crippen molar-refractivity contribution in [1.82, 2.24) is 24.6 Å². The first-order valence-corrected chi connectivity index (χ1v) is 9.12. The lowest BCUT2D eigenvalue weighted by Crippen LogP contribution is -2.34. The Morgan fingerprint density at radius 2 is 2.04 bits per heavy atom. The summed E-state index contributed by atoms with van der Waals surface area (Å²) in [6, 6.07) is 8.11. The molecule has 1 aromatic carbocycles. The number of nitrogens with one attached hydrogen (secondary N) is 1. The van der Waals surface area contributed by atoms with Crippen molar-refractivity contribution in [3.8, 4) is 0 Å². The number of carbonyl (C=O) groups is 1. The van der Waals surface area contributed by atoms with E-state index in [2.05, 4.69) is 15.4 Å². The van der Waals surface area contributed by atoms with Crippen molar-refractivity contribution in [2.24, 2.45) is 7.05 Å². The van der Waals surface area contributed by atoms with Gasteiger partial charge in [-0.15, -0.1) is 0 Å². The molecule has 0 fully saturated rings. The largest absolute Gasteiger partial charge is 0.336 e. The molecule has 2 aromatic heterocycles. The van der Waals surface area contributed by atoms with E-state index in [1.165, 1.54) is 22.9 Å². The van der Waals surface area contributed by atoms with E-state index in [0.717, 1.165) is 12.8 Å². The quantitative estimate of drug-likeness (QED) is 0.679. The van der Waals surface area contributed by atoms with Crippen LogP contribution in [0.15, 0.2) is 53.6 Å². The Bertz CT molecular complexity index is 1030. The second-order valence-corrected chi connectivity index (χ2v) is 6.46. The van der Waals surface area contributed by atoms with E-state index in [-0.39, 0.29) is 11.3 Å². The van der Waals surface area contributed by atoms with Crippen molar-refractivity contribution in [3.05, 3.63) is 82.0 Å². The molecule has 3 aromatic rings. The van der Waals surface area contributed by atoms with Gasteiger partial charge in [0.25, 0.3) is 11.5 Å². The summed E-state index contributed by atoms with van der Waals surface area (Å²) < 4.78 is 17.4. The van der Waals surface area contributed by atoms with Crippen LogP contribution >= 0.6 is 0 Å². The Balaban J connectivity index is 1.93. The van der Waals surface area contributed by atoms with Crippen LogP contribution in [0.2, 0.25) is 0 Å². The summed E-state index contributed by atoms with van der Waals surface area (Å²) in [6.45, 7) is 2.44. The highest BCUT2D eigenvalue weighted by atomic mass is 19.1. The standard InChI is InChI=1S/C20H22FN5O2/c1-3-4-12-26-17(27)10-9-16(24-26)20(28)23-18(19-22-11-13-25(19)2)14-7-5-6-8-15(14)21/h5-11,13,18H,3-4,12H2,1-2H3,(H,23,28)/t18-/m0/s1. The van der Waals surface area contributed by atoms with E-state index < -0.39 is 17.8 Å². The molecule has 1 amide bonds. The van der Waals surface area contributed by atoms with Gasteiger partial charge in [-0.3, -0.25) is 9.59 Å². The minimum atomic E-state index is -0.800. The number of rotatable bonds is 7. The maximum absolute atomic E-state index is 14.4. The molecule has 28 heavy (non-hydrogen) atoms. The van der Waals surface area contributed by atoms with Gasteiger partial charge in [-0.2, -0.15) is 5.10 Å². The van der Waals surface area contributed by atoms with Gasteiger partial charge in [0.15, 0.2) is 0 Å². The SMILES string of the molecule is CCCCn1nc(C(=O)N[C@@H](c2ccccc2F)c2nccn2C)ccc1=O. The number of aryl methyl sites for hydroxylation is 2. The molecule has 8 heteroatoms. The smallest absolute Gasteiger partial charge is 0.272 e. The second kappa shape index (κ2) is 8.60. The van der Waals surface area contributed by atoms with E-state index in [1.807, 2.05) is 6.92 Å². The summed E-state index contributed by atoms with van der Waals surface area (Å²) >= 11 is 0. The van der Waals surface area contributed by atoms with Crippen molar-refractivity contribution in [2.45, 2.75) is 32.4 Å². The van der Waals surface area contributed by atoms with Crippen LogP contribution in [-0.4, -0.2) is 25.2 Å². The summed E-state index contributed by atoms with van der Waals surface area (Å²) in [7, 11) is 1.77. The molecule has 3 rings (SSSR count). The maximum Gasteiger partial charge on any atom is 0.272 e. The minimum absolute atomic E-state index is 0.0891. The topological polar surface area (TPSA) is 81.8 Å². The number of benzene rings is 1. The van der Waals surface area contributed by atoms with Crippen LogP contribution in [0.1, 0.15) is 47.7 Å². The Morgan fingerprint density at radius 1 is 1.25 bits per heavy atom. The number of imidazole rings is 1. The lowest BCUT2D eigenvalue weighted by molar-refractivity contribution is 0.0933. The van der Waals surface area contributed by atoms with Crippen LogP contribution < -0.4 is 10.9 Å². The van der Waals surface area contributed by atoms with E-state index in [1.54, 1.807) is 42.2 Å². The highest BCUT2D eigenvalue weighted by molar-refractivity contribution is 5.92. The number of nitrogens with zero attached hydrogens (tertiary/aromatic N) is 4. The van der Waals surface area contributed by atoms with E-state index >= 15 is 0 Å². The fourth-order valence-corrected chi connectivity index (χ4v) is 2.89. The predicted octanol–water partition coefficient (Wildman–Crippen LogP) is 2.44. The average Bonchev–Trinajstić information content (AvgIpc) is 3.11. The van der Waals surface area contributed by atoms with Gasteiger partial charge < -0.3 is 9.88 Å². The first kappa shape index (κ1) is 19.5. The van der Waals surface area contributed by atoms with Gasteiger partial charge in [0, 0.05) is 37.6 Å². The highest BCUT2D eigenvalue weighted by Gasteiger charge is 2.24. The maximum atomic E-state index is 14.4. The Kier molecular flexibility index (Phi) is 5.98. The molecule has 0 saturated heterocycles. The lowest BCUT2D eigenvalue weighted by atomic mass is 10.1. The molecule has 0 aliphatic carbocycles. The van der Waals surface area contributed by atoms with E-state index in [0.29, 0.717) is 17.9 Å². The van der Waals surface area contributed by atoms with Crippen LogP contribution in [0, 0.1) is 5.82 Å². The van der Waals surface area contributed by atoms with Crippen molar-refractivity contribution < 1.29 is 9.18 Å². The van der Waals surface area contributed by atoms with E-state index in [4.69, 9.17) is 0 Å². The monoisotopic (exact) mass is 383 g/mol. The van der Waals surface area contributed by atoms with Gasteiger partial charge in [0.2, 0.25) is 0 Å². The average molecular weight is 383 g/mol. The highest BCUT2D eigenvalue weighted by Crippen LogP contribution is 2.23. The number of halogens is 1. The molecule has 0 aliphatic heterocycles. The normalized spacial score (nSPS) is 12.0. The molecule has 2 heterocycles. The molecule has 1 atom stereocenters. The number of hydrogen-bond donors (Lipinski definition) is 1. The molecule has 0 spiro atoms. The van der Waals surface area contributed by atoms with Crippen molar-refractivity contribution in [3.63, 3.8) is 0 Å². The second-order valence-electron chi connectivity index (χ2n) is 6.46. The Hall–Kier alpha value is -3.29. The zero-order chi connectivity index (χ0) is 20.1. The van der Waals surface area contributed by atoms with Crippen LogP contribution in [0.5, 0.6) is 0 Å². The third-order valence-electron chi connectivity index (χ3n) is 4.43. The van der Waals surface area contributed by atoms with E-state index in [9.17, 15) is 14.0 Å².